The van der Waals surface area contributed by atoms with Gasteiger partial charge in [0.15, 0.2) is 0 Å². The van der Waals surface area contributed by atoms with Crippen LogP contribution in [0.25, 0.3) is 44.2 Å². The summed E-state index contributed by atoms with van der Waals surface area (Å²) in [5.74, 6) is 1.80. The zero-order chi connectivity index (χ0) is 46.2. The summed E-state index contributed by atoms with van der Waals surface area (Å²) in [7, 11) is 2.62. The molecule has 0 radical (unpaired) electrons. The lowest BCUT2D eigenvalue weighted by molar-refractivity contribution is -0.139. The third kappa shape index (κ3) is 8.55. The van der Waals surface area contributed by atoms with Crippen LogP contribution in [0.3, 0.4) is 0 Å². The van der Waals surface area contributed by atoms with Gasteiger partial charge in [-0.3, -0.25) is 9.59 Å². The SMILES string of the molecule is CCCC[C@H]1CCC(c2ncc(-c3ccc4c(c3)COc3cc5c(ccc6nc(C7CC[C@H](C)N7C(=O)[C@@H](NC(=O)OC)C7CCOCC7)[nH]c65)cc3-4)[nH]2)N1C(=O)C(NC(=O)OC)C(C)C. The standard InChI is InChI=1S/C50H62N8O8/c1-7-8-9-33-13-17-39(58(33)47(59)42(27(2)3)55-49(61)63-5)45-51-25-38(53-45)31-11-14-34-32(22-31)26-66-41-24-35-30(23-36(34)41)12-15-37-44(35)54-46(52-37)40-16-10-28(4)57(40)48(60)43(56-50(62)64-6)29-18-20-65-21-19-29/h11-12,14-15,22-25,27-29,33,39-40,42-43H,7-10,13,16-21,26H2,1-6H3,(H,51,53)(H,52,54)(H,55,61)(H,56,62)/t28-,33-,39?,40?,42?,43-/m0/s1. The Morgan fingerprint density at radius 3 is 2.36 bits per heavy atom. The summed E-state index contributed by atoms with van der Waals surface area (Å²) in [5, 5.41) is 7.64. The van der Waals surface area contributed by atoms with E-state index in [9.17, 15) is 19.2 Å². The van der Waals surface area contributed by atoms with E-state index < -0.39 is 24.3 Å². The van der Waals surface area contributed by atoms with E-state index in [1.54, 1.807) is 0 Å². The van der Waals surface area contributed by atoms with Crippen molar-refractivity contribution in [1.82, 2.24) is 40.4 Å². The number of fused-ring (bicyclic) bond motifs is 6. The third-order valence-corrected chi connectivity index (χ3v) is 14.3. The number of aromatic amines is 2. The number of nitrogens with zero attached hydrogens (tertiary/aromatic N) is 4. The molecule has 3 saturated heterocycles. The number of amides is 4. The van der Waals surface area contributed by atoms with E-state index in [0.29, 0.717) is 32.7 Å². The summed E-state index contributed by atoms with van der Waals surface area (Å²) in [4.78, 5) is 74.4. The second-order valence-electron chi connectivity index (χ2n) is 18.7. The maximum atomic E-state index is 14.4. The molecule has 2 aromatic heterocycles. The number of carbonyl (C=O) groups is 4. The molecule has 350 valence electrons. The van der Waals surface area contributed by atoms with Crippen molar-refractivity contribution in [3.63, 3.8) is 0 Å². The quantitative estimate of drug-likeness (QED) is 0.0944. The first-order chi connectivity index (χ1) is 32.0. The van der Waals surface area contributed by atoms with Crippen LogP contribution in [-0.2, 0) is 30.4 Å². The number of ether oxygens (including phenoxy) is 4. The fourth-order valence-electron chi connectivity index (χ4n) is 10.8. The fraction of sp³-hybridized carbons (Fsp3) is 0.520. The van der Waals surface area contributed by atoms with Gasteiger partial charge < -0.3 is 49.3 Å². The highest BCUT2D eigenvalue weighted by Crippen LogP contribution is 2.44. The van der Waals surface area contributed by atoms with Gasteiger partial charge in [-0.2, -0.15) is 0 Å². The van der Waals surface area contributed by atoms with Gasteiger partial charge in [0.2, 0.25) is 11.8 Å². The summed E-state index contributed by atoms with van der Waals surface area (Å²) in [6, 6.07) is 12.8. The van der Waals surface area contributed by atoms with Gasteiger partial charge >= 0.3 is 12.2 Å². The normalized spacial score (nSPS) is 21.6. The van der Waals surface area contributed by atoms with Crippen molar-refractivity contribution in [2.75, 3.05) is 27.4 Å². The number of benzene rings is 3. The molecule has 16 nitrogen and oxygen atoms in total. The van der Waals surface area contributed by atoms with Crippen LogP contribution in [0.1, 0.15) is 115 Å². The predicted molar refractivity (Wildman–Crippen MR) is 248 cm³/mol. The summed E-state index contributed by atoms with van der Waals surface area (Å²) in [6.45, 7) is 9.54. The molecule has 66 heavy (non-hydrogen) atoms. The zero-order valence-electron chi connectivity index (χ0n) is 38.8. The number of hydrogen-bond donors (Lipinski definition) is 4. The Kier molecular flexibility index (Phi) is 12.9. The molecule has 3 fully saturated rings. The molecule has 5 aromatic rings. The van der Waals surface area contributed by atoms with Crippen molar-refractivity contribution in [2.24, 2.45) is 11.8 Å². The molecule has 16 heteroatoms. The second-order valence-corrected chi connectivity index (χ2v) is 18.7. The Hall–Kier alpha value is -6.16. The van der Waals surface area contributed by atoms with Gasteiger partial charge in [-0.25, -0.2) is 19.6 Å². The second kappa shape index (κ2) is 19.0. The molecule has 3 unspecified atom stereocenters. The van der Waals surface area contributed by atoms with Gasteiger partial charge in [0.1, 0.15) is 36.1 Å². The monoisotopic (exact) mass is 902 g/mol. The molecule has 0 spiro atoms. The topological polar surface area (TPSA) is 193 Å². The van der Waals surface area contributed by atoms with Gasteiger partial charge in [-0.05, 0) is 110 Å². The number of likely N-dealkylation sites (tertiary alicyclic amines) is 2. The Labute approximate surface area is 384 Å². The number of H-pyrrole nitrogens is 2. The van der Waals surface area contributed by atoms with Gasteiger partial charge in [0, 0.05) is 36.2 Å². The number of nitrogens with one attached hydrogen (secondary N) is 4. The molecule has 9 rings (SSSR count). The van der Waals surface area contributed by atoms with E-state index in [-0.39, 0.29) is 47.8 Å². The summed E-state index contributed by atoms with van der Waals surface area (Å²) in [5.41, 5.74) is 6.63. The van der Waals surface area contributed by atoms with Gasteiger partial charge in [0.25, 0.3) is 0 Å². The largest absolute Gasteiger partial charge is 0.488 e. The van der Waals surface area contributed by atoms with Gasteiger partial charge in [-0.1, -0.05) is 51.8 Å². The lowest BCUT2D eigenvalue weighted by Gasteiger charge is -2.36. The number of aromatic nitrogens is 4. The molecule has 0 aliphatic carbocycles. The highest BCUT2D eigenvalue weighted by molar-refractivity contribution is 6.07. The summed E-state index contributed by atoms with van der Waals surface area (Å²) in [6.07, 6.45) is 8.07. The van der Waals surface area contributed by atoms with Crippen LogP contribution in [0.2, 0.25) is 0 Å². The van der Waals surface area contributed by atoms with Crippen LogP contribution >= 0.6 is 0 Å². The highest BCUT2D eigenvalue weighted by Gasteiger charge is 2.44. The number of hydrogen-bond acceptors (Lipinski definition) is 10. The first-order valence-corrected chi connectivity index (χ1v) is 23.7. The minimum Gasteiger partial charge on any atom is -0.488 e. The van der Waals surface area contributed by atoms with Crippen LogP contribution in [0, 0.1) is 11.8 Å². The molecule has 0 saturated carbocycles. The molecule has 4 amide bonds. The van der Waals surface area contributed by atoms with Crippen molar-refractivity contribution in [3.05, 3.63) is 65.9 Å². The maximum Gasteiger partial charge on any atom is 0.407 e. The van der Waals surface area contributed by atoms with Crippen molar-refractivity contribution in [3.8, 4) is 28.1 Å². The van der Waals surface area contributed by atoms with E-state index in [1.807, 2.05) is 35.9 Å². The number of imidazole rings is 2. The molecule has 6 heterocycles. The van der Waals surface area contributed by atoms with E-state index in [4.69, 9.17) is 28.9 Å². The minimum absolute atomic E-state index is 0.0391. The molecule has 0 bridgehead atoms. The Morgan fingerprint density at radius 1 is 0.848 bits per heavy atom. The Balaban J connectivity index is 0.967. The first kappa shape index (κ1) is 45.0. The molecule has 4 aliphatic heterocycles. The number of methoxy groups -OCH3 is 2. The lowest BCUT2D eigenvalue weighted by atomic mass is 9.90. The number of unbranched alkanes of at least 4 members (excludes halogenated alkanes) is 1. The number of rotatable bonds is 12. The summed E-state index contributed by atoms with van der Waals surface area (Å²) >= 11 is 0. The van der Waals surface area contributed by atoms with Crippen LogP contribution in [0.5, 0.6) is 5.75 Å². The maximum absolute atomic E-state index is 14.4. The predicted octanol–water partition coefficient (Wildman–Crippen LogP) is 8.47. The lowest BCUT2D eigenvalue weighted by Crippen LogP contribution is -2.54. The van der Waals surface area contributed by atoms with Crippen LogP contribution in [0.4, 0.5) is 9.59 Å². The molecular formula is C50H62N8O8. The van der Waals surface area contributed by atoms with Gasteiger partial charge in [0.05, 0.1) is 49.2 Å². The van der Waals surface area contributed by atoms with Crippen molar-refractivity contribution in [2.45, 2.75) is 128 Å². The average molecular weight is 903 g/mol. The smallest absolute Gasteiger partial charge is 0.407 e. The first-order valence-electron chi connectivity index (χ1n) is 23.7. The van der Waals surface area contributed by atoms with Gasteiger partial charge in [-0.15, -0.1) is 0 Å². The Morgan fingerprint density at radius 2 is 1.61 bits per heavy atom. The summed E-state index contributed by atoms with van der Waals surface area (Å²) < 4.78 is 21.9. The van der Waals surface area contributed by atoms with Crippen LogP contribution in [-0.4, -0.2) is 105 Å². The average Bonchev–Trinajstić information content (AvgIpc) is 4.16. The fourth-order valence-corrected chi connectivity index (χ4v) is 10.8. The van der Waals surface area contributed by atoms with E-state index in [2.05, 4.69) is 70.8 Å². The number of alkyl carbamates (subject to hydrolysis) is 2. The van der Waals surface area contributed by atoms with Crippen molar-refractivity contribution < 1.29 is 38.1 Å². The molecule has 6 atom stereocenters. The number of carbonyl (C=O) groups excluding carboxylic acids is 4. The van der Waals surface area contributed by atoms with Crippen LogP contribution in [0.15, 0.2) is 48.7 Å². The molecule has 4 N–H and O–H groups in total. The van der Waals surface area contributed by atoms with Crippen molar-refractivity contribution >= 4 is 45.8 Å². The van der Waals surface area contributed by atoms with E-state index in [1.165, 1.54) is 14.2 Å². The van der Waals surface area contributed by atoms with E-state index in [0.717, 1.165) is 112 Å². The molecule has 3 aromatic carbocycles. The minimum atomic E-state index is -0.723. The van der Waals surface area contributed by atoms with Crippen molar-refractivity contribution in [1.29, 1.82) is 0 Å². The Bertz CT molecular complexity index is 2620. The highest BCUT2D eigenvalue weighted by atomic mass is 16.5. The molecular weight excluding hydrogens is 841 g/mol. The van der Waals surface area contributed by atoms with Crippen LogP contribution < -0.4 is 15.4 Å². The zero-order valence-corrected chi connectivity index (χ0v) is 38.8. The third-order valence-electron chi connectivity index (χ3n) is 14.3. The molecule has 4 aliphatic rings. The van der Waals surface area contributed by atoms with E-state index >= 15 is 0 Å².